The average Bonchev–Trinajstić information content (AvgIpc) is 3.35. The van der Waals surface area contributed by atoms with Gasteiger partial charge < -0.3 is 4.90 Å². The molecular formula is C33H35N3. The van der Waals surface area contributed by atoms with Gasteiger partial charge in [-0.25, -0.2) is 4.98 Å². The normalized spacial score (nSPS) is 15.2. The number of hydrogen-bond donors (Lipinski definition) is 0. The van der Waals surface area contributed by atoms with E-state index in [0.717, 1.165) is 17.8 Å². The van der Waals surface area contributed by atoms with E-state index in [-0.39, 0.29) is 0 Å². The van der Waals surface area contributed by atoms with Crippen molar-refractivity contribution < 1.29 is 0 Å². The van der Waals surface area contributed by atoms with Gasteiger partial charge in [-0.15, -0.1) is 0 Å². The summed E-state index contributed by atoms with van der Waals surface area (Å²) in [4.78, 5) is 7.27. The topological polar surface area (TPSA) is 20.5 Å². The third-order valence-corrected chi connectivity index (χ3v) is 7.96. The summed E-state index contributed by atoms with van der Waals surface area (Å²) in [6.45, 7) is 4.65. The van der Waals surface area contributed by atoms with Crippen molar-refractivity contribution in [3.05, 3.63) is 96.3 Å². The van der Waals surface area contributed by atoms with E-state index in [4.69, 9.17) is 4.98 Å². The minimum absolute atomic E-state index is 0.690. The minimum Gasteiger partial charge on any atom is -0.306 e. The number of hydrogen-bond acceptors (Lipinski definition) is 2. The smallest absolute Gasteiger partial charge is 0.137 e. The molecule has 3 aromatic carbocycles. The van der Waals surface area contributed by atoms with Crippen LogP contribution >= 0.6 is 0 Å². The van der Waals surface area contributed by atoms with E-state index >= 15 is 0 Å². The van der Waals surface area contributed by atoms with Crippen molar-refractivity contribution in [2.45, 2.75) is 44.9 Å². The predicted molar refractivity (Wildman–Crippen MR) is 152 cm³/mol. The molecule has 0 bridgehead atoms. The summed E-state index contributed by atoms with van der Waals surface area (Å²) in [5.41, 5.74) is 8.77. The van der Waals surface area contributed by atoms with Gasteiger partial charge in [0.15, 0.2) is 0 Å². The molecule has 0 amide bonds. The zero-order valence-electron chi connectivity index (χ0n) is 21.5. The maximum absolute atomic E-state index is 4.84. The average molecular weight is 474 g/mol. The third kappa shape index (κ3) is 4.44. The Bertz CT molecular complexity index is 1490. The summed E-state index contributed by atoms with van der Waals surface area (Å²) < 4.78 is 2.24. The number of benzene rings is 3. The molecule has 0 radical (unpaired) electrons. The van der Waals surface area contributed by atoms with Gasteiger partial charge in [0.2, 0.25) is 0 Å². The van der Waals surface area contributed by atoms with Gasteiger partial charge in [-0.3, -0.25) is 4.40 Å². The number of pyridine rings is 1. The molecule has 1 saturated heterocycles. The van der Waals surface area contributed by atoms with Crippen LogP contribution < -0.4 is 0 Å². The fraction of sp³-hybridized carbons (Fsp3) is 0.303. The number of aromatic nitrogens is 2. The number of likely N-dealkylation sites (tertiary alicyclic amines) is 1. The molecule has 0 N–H and O–H groups in total. The van der Waals surface area contributed by atoms with Gasteiger partial charge in [-0.2, -0.15) is 0 Å². The van der Waals surface area contributed by atoms with E-state index in [1.807, 2.05) is 6.20 Å². The maximum atomic E-state index is 4.84. The van der Waals surface area contributed by atoms with Crippen LogP contribution in [0.4, 0.5) is 0 Å². The lowest BCUT2D eigenvalue weighted by molar-refractivity contribution is 0.255. The first kappa shape index (κ1) is 23.0. The molecule has 0 aliphatic carbocycles. The fourth-order valence-electron chi connectivity index (χ4n) is 5.76. The van der Waals surface area contributed by atoms with Gasteiger partial charge in [0.05, 0.1) is 11.9 Å². The Labute approximate surface area is 214 Å². The minimum atomic E-state index is 0.690. The Morgan fingerprint density at radius 3 is 2.50 bits per heavy atom. The number of fused-ring (bicyclic) bond motifs is 2. The number of imidazole rings is 1. The molecule has 6 rings (SSSR count). The lowest BCUT2D eigenvalue weighted by Crippen LogP contribution is -2.29. The molecule has 0 atom stereocenters. The van der Waals surface area contributed by atoms with Crippen molar-refractivity contribution in [3.63, 3.8) is 0 Å². The van der Waals surface area contributed by atoms with Crippen LogP contribution in [-0.4, -0.2) is 34.4 Å². The van der Waals surface area contributed by atoms with Gasteiger partial charge >= 0.3 is 0 Å². The van der Waals surface area contributed by atoms with Crippen LogP contribution in [-0.2, 0) is 6.42 Å². The number of aryl methyl sites for hydroxylation is 1. The molecule has 3 heteroatoms. The second-order valence-electron chi connectivity index (χ2n) is 10.5. The fourth-order valence-corrected chi connectivity index (χ4v) is 5.76. The highest BCUT2D eigenvalue weighted by Gasteiger charge is 2.18. The van der Waals surface area contributed by atoms with Crippen molar-refractivity contribution in [1.82, 2.24) is 14.3 Å². The highest BCUT2D eigenvalue weighted by atomic mass is 15.1. The van der Waals surface area contributed by atoms with Crippen molar-refractivity contribution in [1.29, 1.82) is 0 Å². The van der Waals surface area contributed by atoms with Crippen molar-refractivity contribution in [2.75, 3.05) is 20.1 Å². The summed E-state index contributed by atoms with van der Waals surface area (Å²) in [6.07, 6.45) is 10.3. The lowest BCUT2D eigenvalue weighted by Gasteiger charge is -2.29. The number of nitrogens with zero attached hydrogens (tertiary/aromatic N) is 3. The largest absolute Gasteiger partial charge is 0.306 e. The quantitative estimate of drug-likeness (QED) is 0.249. The summed E-state index contributed by atoms with van der Waals surface area (Å²) in [5, 5.41) is 2.59. The first-order valence-electron chi connectivity index (χ1n) is 13.5. The summed E-state index contributed by atoms with van der Waals surface area (Å²) in [6, 6.07) is 27.1. The molecule has 1 aliphatic heterocycles. The number of unbranched alkanes of at least 4 members (excludes halogenated alkanes) is 1. The first-order chi connectivity index (χ1) is 17.7. The Morgan fingerprint density at radius 1 is 0.889 bits per heavy atom. The van der Waals surface area contributed by atoms with E-state index in [1.165, 1.54) is 77.4 Å². The zero-order chi connectivity index (χ0) is 24.5. The Hall–Kier alpha value is -3.43. The Balaban J connectivity index is 1.33. The van der Waals surface area contributed by atoms with Crippen molar-refractivity contribution in [3.8, 4) is 22.4 Å². The Kier molecular flexibility index (Phi) is 6.33. The van der Waals surface area contributed by atoms with Gasteiger partial charge in [-0.1, -0.05) is 67.9 Å². The molecule has 3 heterocycles. The Morgan fingerprint density at radius 2 is 1.69 bits per heavy atom. The third-order valence-electron chi connectivity index (χ3n) is 7.96. The second-order valence-corrected chi connectivity index (χ2v) is 10.5. The standard InChI is InChI=1S/C33H35N3/c1-3-4-7-24-20-29-8-5-6-9-30(29)31(21-24)32-23-34-33-22-28(16-19-36(32)33)26-12-10-25(11-13-26)27-14-17-35(2)18-15-27/h5-6,8-13,16,19-23,27H,3-4,7,14-15,17-18H2,1-2H3. The van der Waals surface area contributed by atoms with Gasteiger partial charge in [-0.05, 0) is 103 Å². The molecule has 2 aromatic heterocycles. The first-order valence-corrected chi connectivity index (χ1v) is 13.5. The SMILES string of the molecule is CCCCc1cc(-c2cnc3cc(-c4ccc(C5CCN(C)CC5)cc4)ccn23)c2ccccc2c1. The number of rotatable bonds is 6. The highest BCUT2D eigenvalue weighted by molar-refractivity contribution is 5.97. The van der Waals surface area contributed by atoms with Crippen molar-refractivity contribution >= 4 is 16.4 Å². The molecule has 0 unspecified atom stereocenters. The van der Waals surface area contributed by atoms with E-state index in [1.54, 1.807) is 0 Å². The predicted octanol–water partition coefficient (Wildman–Crippen LogP) is 7.97. The van der Waals surface area contributed by atoms with Crippen LogP contribution in [0.5, 0.6) is 0 Å². The molecule has 36 heavy (non-hydrogen) atoms. The van der Waals surface area contributed by atoms with E-state index < -0.39 is 0 Å². The van der Waals surface area contributed by atoms with Gasteiger partial charge in [0.1, 0.15) is 5.65 Å². The molecule has 0 saturated carbocycles. The van der Waals surface area contributed by atoms with Crippen LogP contribution in [0, 0.1) is 0 Å². The molecule has 182 valence electrons. The van der Waals surface area contributed by atoms with Crippen LogP contribution in [0.3, 0.4) is 0 Å². The summed E-state index contributed by atoms with van der Waals surface area (Å²) in [7, 11) is 2.22. The van der Waals surface area contributed by atoms with Gasteiger partial charge in [0, 0.05) is 11.8 Å². The molecule has 0 spiro atoms. The molecule has 1 fully saturated rings. The van der Waals surface area contributed by atoms with Crippen LogP contribution in [0.25, 0.3) is 38.8 Å². The maximum Gasteiger partial charge on any atom is 0.137 e. The zero-order valence-corrected chi connectivity index (χ0v) is 21.5. The van der Waals surface area contributed by atoms with E-state index in [9.17, 15) is 0 Å². The molecule has 1 aliphatic rings. The second kappa shape index (κ2) is 9.91. The number of piperidine rings is 1. The summed E-state index contributed by atoms with van der Waals surface area (Å²) >= 11 is 0. The van der Waals surface area contributed by atoms with Crippen LogP contribution in [0.2, 0.25) is 0 Å². The van der Waals surface area contributed by atoms with Crippen LogP contribution in [0.1, 0.15) is 49.7 Å². The van der Waals surface area contributed by atoms with Gasteiger partial charge in [0.25, 0.3) is 0 Å². The van der Waals surface area contributed by atoms with E-state index in [0.29, 0.717) is 5.92 Å². The van der Waals surface area contributed by atoms with Crippen molar-refractivity contribution in [2.24, 2.45) is 0 Å². The molecular weight excluding hydrogens is 438 g/mol. The molecule has 3 nitrogen and oxygen atoms in total. The monoisotopic (exact) mass is 473 g/mol. The van der Waals surface area contributed by atoms with E-state index in [2.05, 4.69) is 102 Å². The lowest BCUT2D eigenvalue weighted by atomic mass is 9.89. The summed E-state index contributed by atoms with van der Waals surface area (Å²) in [5.74, 6) is 0.690. The molecule has 5 aromatic rings. The highest BCUT2D eigenvalue weighted by Crippen LogP contribution is 2.33. The van der Waals surface area contributed by atoms with Crippen LogP contribution in [0.15, 0.2) is 85.2 Å².